The first-order chi connectivity index (χ1) is 14.5. The van der Waals surface area contributed by atoms with Crippen LogP contribution in [0.1, 0.15) is 22.3 Å². The fourth-order valence-electron chi connectivity index (χ4n) is 3.23. The molecule has 4 rings (SSSR count). The summed E-state index contributed by atoms with van der Waals surface area (Å²) < 4.78 is 0. The third kappa shape index (κ3) is 3.99. The Morgan fingerprint density at radius 3 is 2.73 bits per heavy atom. The molecule has 2 aromatic heterocycles. The van der Waals surface area contributed by atoms with Crippen molar-refractivity contribution in [2.45, 2.75) is 13.3 Å². The fraction of sp³-hybridized carbons (Fsp3) is 0.182. The number of carbonyl (C=O) groups is 1. The van der Waals surface area contributed by atoms with Crippen LogP contribution in [0.15, 0.2) is 48.7 Å². The number of anilines is 3. The molecule has 0 aliphatic heterocycles. The van der Waals surface area contributed by atoms with E-state index < -0.39 is 5.97 Å². The van der Waals surface area contributed by atoms with E-state index in [9.17, 15) is 9.90 Å². The molecule has 4 aromatic rings. The number of nitrogens with zero attached hydrogens (tertiary/aromatic N) is 3. The number of hydrogen-bond acceptors (Lipinski definition) is 7. The summed E-state index contributed by atoms with van der Waals surface area (Å²) >= 11 is 0. The van der Waals surface area contributed by atoms with Crippen LogP contribution in [-0.2, 0) is 0 Å². The summed E-state index contributed by atoms with van der Waals surface area (Å²) in [7, 11) is 0. The van der Waals surface area contributed by atoms with Gasteiger partial charge in [0.1, 0.15) is 5.52 Å². The number of aliphatic hydroxyl groups excluding tert-OH is 1. The number of benzene rings is 2. The smallest absolute Gasteiger partial charge is 0.335 e. The van der Waals surface area contributed by atoms with Gasteiger partial charge >= 0.3 is 5.97 Å². The molecule has 152 valence electrons. The number of carboxylic acids is 1. The zero-order valence-corrected chi connectivity index (χ0v) is 16.4. The van der Waals surface area contributed by atoms with Gasteiger partial charge in [0.2, 0.25) is 5.95 Å². The van der Waals surface area contributed by atoms with Gasteiger partial charge in [-0.25, -0.2) is 19.7 Å². The summed E-state index contributed by atoms with van der Waals surface area (Å²) in [6.07, 6.45) is 2.29. The molecule has 0 aliphatic carbocycles. The largest absolute Gasteiger partial charge is 0.478 e. The molecule has 0 saturated heterocycles. The number of aromatic nitrogens is 3. The van der Waals surface area contributed by atoms with Gasteiger partial charge in [-0.1, -0.05) is 18.2 Å². The lowest BCUT2D eigenvalue weighted by Gasteiger charge is -2.13. The quantitative estimate of drug-likeness (QED) is 0.272. The van der Waals surface area contributed by atoms with E-state index in [1.165, 1.54) is 0 Å². The Kier molecular flexibility index (Phi) is 5.40. The lowest BCUT2D eigenvalue weighted by molar-refractivity contribution is 0.0697. The lowest BCUT2D eigenvalue weighted by Crippen LogP contribution is -2.08. The molecule has 4 N–H and O–H groups in total. The molecule has 0 aliphatic rings. The summed E-state index contributed by atoms with van der Waals surface area (Å²) in [4.78, 5) is 25.1. The summed E-state index contributed by atoms with van der Waals surface area (Å²) in [5.41, 5.74) is 3.28. The minimum Gasteiger partial charge on any atom is -0.478 e. The molecule has 8 heteroatoms. The number of rotatable bonds is 7. The number of aryl methyl sites for hydroxylation is 1. The van der Waals surface area contributed by atoms with Crippen LogP contribution in [0.5, 0.6) is 0 Å². The van der Waals surface area contributed by atoms with Crippen molar-refractivity contribution in [2.75, 3.05) is 23.8 Å². The first-order valence-corrected chi connectivity index (χ1v) is 9.57. The van der Waals surface area contributed by atoms with Crippen LogP contribution >= 0.6 is 0 Å². The van der Waals surface area contributed by atoms with Crippen LogP contribution in [-0.4, -0.2) is 44.3 Å². The van der Waals surface area contributed by atoms with Crippen molar-refractivity contribution < 1.29 is 15.0 Å². The van der Waals surface area contributed by atoms with Gasteiger partial charge in [0, 0.05) is 35.8 Å². The third-order valence-corrected chi connectivity index (χ3v) is 4.68. The van der Waals surface area contributed by atoms with Gasteiger partial charge in [0.15, 0.2) is 5.82 Å². The van der Waals surface area contributed by atoms with Crippen LogP contribution < -0.4 is 10.6 Å². The van der Waals surface area contributed by atoms with Crippen molar-refractivity contribution in [1.82, 2.24) is 15.0 Å². The van der Waals surface area contributed by atoms with Crippen LogP contribution in [0.2, 0.25) is 0 Å². The van der Waals surface area contributed by atoms with Crippen molar-refractivity contribution >= 4 is 45.2 Å². The maximum atomic E-state index is 11.4. The van der Waals surface area contributed by atoms with Gasteiger partial charge in [0.05, 0.1) is 11.1 Å². The van der Waals surface area contributed by atoms with Crippen LogP contribution in [0.4, 0.5) is 17.5 Å². The first-order valence-electron chi connectivity index (χ1n) is 9.57. The average Bonchev–Trinajstić information content (AvgIpc) is 2.73. The molecule has 0 bridgehead atoms. The van der Waals surface area contributed by atoms with E-state index in [1.807, 2.05) is 31.2 Å². The fourth-order valence-corrected chi connectivity index (χ4v) is 3.23. The highest BCUT2D eigenvalue weighted by Crippen LogP contribution is 2.31. The summed E-state index contributed by atoms with van der Waals surface area (Å²) in [6, 6.07) is 12.7. The van der Waals surface area contributed by atoms with Crippen LogP contribution in [0.3, 0.4) is 0 Å². The van der Waals surface area contributed by atoms with Gasteiger partial charge in [-0.2, -0.15) is 0 Å². The van der Waals surface area contributed by atoms with E-state index in [-0.39, 0.29) is 12.2 Å². The highest BCUT2D eigenvalue weighted by molar-refractivity contribution is 6.10. The summed E-state index contributed by atoms with van der Waals surface area (Å²) in [5.74, 6) is -0.0588. The molecule has 0 radical (unpaired) electrons. The van der Waals surface area contributed by atoms with Crippen molar-refractivity contribution in [3.05, 3.63) is 59.8 Å². The second-order valence-electron chi connectivity index (χ2n) is 6.95. The van der Waals surface area contributed by atoms with Crippen LogP contribution in [0.25, 0.3) is 21.8 Å². The molecular formula is C22H21N5O3. The molecule has 0 saturated carbocycles. The highest BCUT2D eigenvalue weighted by Gasteiger charge is 2.14. The van der Waals surface area contributed by atoms with Crippen molar-refractivity contribution in [1.29, 1.82) is 0 Å². The Morgan fingerprint density at radius 2 is 1.97 bits per heavy atom. The maximum absolute atomic E-state index is 11.4. The Labute approximate surface area is 172 Å². The van der Waals surface area contributed by atoms with Gasteiger partial charge in [-0.3, -0.25) is 0 Å². The number of pyridine rings is 1. The lowest BCUT2D eigenvalue weighted by atomic mass is 10.1. The number of aromatic carboxylic acids is 1. The monoisotopic (exact) mass is 403 g/mol. The average molecular weight is 403 g/mol. The predicted molar refractivity (Wildman–Crippen MR) is 116 cm³/mol. The molecule has 30 heavy (non-hydrogen) atoms. The van der Waals surface area contributed by atoms with Gasteiger partial charge in [-0.15, -0.1) is 0 Å². The molecule has 0 amide bonds. The standard InChI is InChI=1S/C22H21N5O3/c1-13-4-2-5-15(10-13)25-20-19-17(12-24-22(27-19)23-8-3-9-28)16-7-6-14(21(29)30)11-18(16)26-20/h2,4-7,10-12,28H,3,8-9H2,1H3,(H,25,26)(H,29,30)(H,23,24,27). The molecule has 2 aromatic carbocycles. The van der Waals surface area contributed by atoms with Crippen molar-refractivity contribution in [3.8, 4) is 0 Å². The second-order valence-corrected chi connectivity index (χ2v) is 6.95. The van der Waals surface area contributed by atoms with Gasteiger partial charge in [0.25, 0.3) is 0 Å². The number of nitrogens with one attached hydrogen (secondary N) is 2. The Hall–Kier alpha value is -3.78. The Morgan fingerprint density at radius 1 is 1.10 bits per heavy atom. The minimum atomic E-state index is -1.01. The van der Waals surface area contributed by atoms with E-state index in [2.05, 4.69) is 25.6 Å². The molecule has 2 heterocycles. The maximum Gasteiger partial charge on any atom is 0.335 e. The second kappa shape index (κ2) is 8.30. The van der Waals surface area contributed by atoms with Gasteiger partial charge in [-0.05, 0) is 43.2 Å². The molecule has 8 nitrogen and oxygen atoms in total. The Balaban J connectivity index is 1.88. The molecule has 0 atom stereocenters. The van der Waals surface area contributed by atoms with E-state index in [0.29, 0.717) is 35.8 Å². The minimum absolute atomic E-state index is 0.0822. The molecule has 0 unspecified atom stereocenters. The van der Waals surface area contributed by atoms with E-state index in [4.69, 9.17) is 5.11 Å². The molecular weight excluding hydrogens is 382 g/mol. The normalized spacial score (nSPS) is 11.0. The predicted octanol–water partition coefficient (Wildman–Crippen LogP) is 3.72. The number of hydrogen-bond donors (Lipinski definition) is 4. The molecule has 0 fully saturated rings. The number of fused-ring (bicyclic) bond motifs is 3. The number of carboxylic acid groups (broad SMARTS) is 1. The zero-order valence-electron chi connectivity index (χ0n) is 16.4. The van der Waals surface area contributed by atoms with E-state index in [1.54, 1.807) is 24.4 Å². The van der Waals surface area contributed by atoms with E-state index >= 15 is 0 Å². The van der Waals surface area contributed by atoms with Crippen molar-refractivity contribution in [3.63, 3.8) is 0 Å². The molecule has 0 spiro atoms. The topological polar surface area (TPSA) is 120 Å². The highest BCUT2D eigenvalue weighted by atomic mass is 16.4. The Bertz CT molecular complexity index is 1240. The van der Waals surface area contributed by atoms with Crippen LogP contribution in [0, 0.1) is 6.92 Å². The first kappa shape index (κ1) is 19.5. The van der Waals surface area contributed by atoms with Crippen molar-refractivity contribution in [2.24, 2.45) is 0 Å². The third-order valence-electron chi connectivity index (χ3n) is 4.68. The zero-order chi connectivity index (χ0) is 21.1. The SMILES string of the molecule is Cc1cccc(Nc2nc3cc(C(=O)O)ccc3c3cnc(NCCCO)nc23)c1. The van der Waals surface area contributed by atoms with E-state index in [0.717, 1.165) is 22.0 Å². The summed E-state index contributed by atoms with van der Waals surface area (Å²) in [6.45, 7) is 2.63. The van der Waals surface area contributed by atoms with Gasteiger partial charge < -0.3 is 20.8 Å². The summed E-state index contributed by atoms with van der Waals surface area (Å²) in [5, 5.41) is 26.3. The number of aliphatic hydroxyl groups is 1.